The monoisotopic (exact) mass is 208 g/mol. The van der Waals surface area contributed by atoms with E-state index in [9.17, 15) is 9.90 Å². The highest BCUT2D eigenvalue weighted by Gasteiger charge is 2.34. The van der Waals surface area contributed by atoms with Crippen molar-refractivity contribution in [2.45, 2.75) is 45.1 Å². The molecule has 2 rings (SSSR count). The first-order valence-electron chi connectivity index (χ1n) is 5.32. The number of carbonyl (C=O) groups is 1. The number of nitrogens with zero attached hydrogens (tertiary/aromatic N) is 2. The van der Waals surface area contributed by atoms with Gasteiger partial charge < -0.3 is 5.11 Å². The third-order valence-corrected chi connectivity index (χ3v) is 3.19. The van der Waals surface area contributed by atoms with Gasteiger partial charge in [0.25, 0.3) is 0 Å². The second-order valence-corrected chi connectivity index (χ2v) is 4.62. The Kier molecular flexibility index (Phi) is 2.29. The molecule has 0 saturated heterocycles. The molecule has 1 aliphatic rings. The van der Waals surface area contributed by atoms with Crippen molar-refractivity contribution >= 4 is 5.97 Å². The summed E-state index contributed by atoms with van der Waals surface area (Å²) in [5.41, 5.74) is 1.15. The topological polar surface area (TPSA) is 55.1 Å². The summed E-state index contributed by atoms with van der Waals surface area (Å²) < 4.78 is 1.95. The summed E-state index contributed by atoms with van der Waals surface area (Å²) >= 11 is 0. The minimum Gasteiger partial charge on any atom is -0.481 e. The highest BCUT2D eigenvalue weighted by Crippen LogP contribution is 2.29. The lowest BCUT2D eigenvalue weighted by molar-refractivity contribution is -0.142. The van der Waals surface area contributed by atoms with Gasteiger partial charge in [-0.25, -0.2) is 0 Å². The van der Waals surface area contributed by atoms with Crippen LogP contribution in [0.15, 0.2) is 6.20 Å². The Morgan fingerprint density at radius 2 is 2.27 bits per heavy atom. The standard InChI is InChI=1S/C11H16N2O2/c1-11(2,10(14)15)8-7-12-13-6-4-3-5-9(8)13/h7H,3-6H2,1-2H3,(H,14,15). The highest BCUT2D eigenvalue weighted by molar-refractivity contribution is 5.80. The van der Waals surface area contributed by atoms with Gasteiger partial charge in [0.2, 0.25) is 0 Å². The van der Waals surface area contributed by atoms with Gasteiger partial charge in [0.15, 0.2) is 0 Å². The Balaban J connectivity index is 2.45. The zero-order valence-corrected chi connectivity index (χ0v) is 9.16. The lowest BCUT2D eigenvalue weighted by atomic mass is 9.83. The summed E-state index contributed by atoms with van der Waals surface area (Å²) in [5.74, 6) is -0.788. The molecule has 0 spiro atoms. The molecular formula is C11H16N2O2. The molecule has 4 nitrogen and oxygen atoms in total. The Labute approximate surface area is 88.9 Å². The average molecular weight is 208 g/mol. The first-order chi connectivity index (χ1) is 7.03. The molecule has 4 heteroatoms. The molecule has 1 aliphatic heterocycles. The molecule has 1 aromatic rings. The van der Waals surface area contributed by atoms with Crippen molar-refractivity contribution in [3.8, 4) is 0 Å². The normalized spacial score (nSPS) is 16.1. The minimum atomic E-state index is -0.828. The zero-order chi connectivity index (χ0) is 11.1. The second-order valence-electron chi connectivity index (χ2n) is 4.62. The van der Waals surface area contributed by atoms with Crippen LogP contribution < -0.4 is 0 Å². The SMILES string of the molecule is CC(C)(C(=O)O)c1cnn2c1CCCC2. The molecule has 0 radical (unpaired) electrons. The highest BCUT2D eigenvalue weighted by atomic mass is 16.4. The van der Waals surface area contributed by atoms with Crippen molar-refractivity contribution in [3.05, 3.63) is 17.5 Å². The first-order valence-corrected chi connectivity index (χ1v) is 5.32. The largest absolute Gasteiger partial charge is 0.481 e. The Morgan fingerprint density at radius 3 is 2.93 bits per heavy atom. The van der Waals surface area contributed by atoms with Crippen molar-refractivity contribution < 1.29 is 9.90 Å². The molecule has 1 aromatic heterocycles. The second kappa shape index (κ2) is 3.36. The van der Waals surface area contributed by atoms with Gasteiger partial charge >= 0.3 is 5.97 Å². The molecule has 15 heavy (non-hydrogen) atoms. The Hall–Kier alpha value is -1.32. The maximum absolute atomic E-state index is 11.2. The van der Waals surface area contributed by atoms with Crippen molar-refractivity contribution in [1.82, 2.24) is 9.78 Å². The Morgan fingerprint density at radius 1 is 1.53 bits per heavy atom. The molecule has 82 valence electrons. The van der Waals surface area contributed by atoms with Crippen LogP contribution in [0.25, 0.3) is 0 Å². The van der Waals surface area contributed by atoms with Crippen molar-refractivity contribution in [2.75, 3.05) is 0 Å². The van der Waals surface area contributed by atoms with Crippen molar-refractivity contribution in [1.29, 1.82) is 0 Å². The molecule has 0 atom stereocenters. The molecule has 0 unspecified atom stereocenters. The lowest BCUT2D eigenvalue weighted by Crippen LogP contribution is -2.30. The van der Waals surface area contributed by atoms with E-state index in [1.807, 2.05) is 4.68 Å². The molecule has 0 aliphatic carbocycles. The van der Waals surface area contributed by atoms with Gasteiger partial charge in [-0.3, -0.25) is 9.48 Å². The fourth-order valence-corrected chi connectivity index (χ4v) is 2.06. The van der Waals surface area contributed by atoms with E-state index in [0.29, 0.717) is 0 Å². The zero-order valence-electron chi connectivity index (χ0n) is 9.16. The van der Waals surface area contributed by atoms with Gasteiger partial charge in [-0.1, -0.05) is 0 Å². The number of aliphatic carboxylic acids is 1. The van der Waals surface area contributed by atoms with Crippen LogP contribution in [0.3, 0.4) is 0 Å². The molecule has 0 bridgehead atoms. The summed E-state index contributed by atoms with van der Waals surface area (Å²) in [7, 11) is 0. The molecule has 0 aromatic carbocycles. The maximum Gasteiger partial charge on any atom is 0.313 e. The van der Waals surface area contributed by atoms with Crippen molar-refractivity contribution in [2.24, 2.45) is 0 Å². The van der Waals surface area contributed by atoms with Crippen LogP contribution in [-0.4, -0.2) is 20.9 Å². The smallest absolute Gasteiger partial charge is 0.313 e. The fourth-order valence-electron chi connectivity index (χ4n) is 2.06. The van der Waals surface area contributed by atoms with Crippen LogP contribution in [0.4, 0.5) is 0 Å². The van der Waals surface area contributed by atoms with Crippen LogP contribution in [0.2, 0.25) is 0 Å². The number of carboxylic acid groups (broad SMARTS) is 1. The predicted molar refractivity (Wildman–Crippen MR) is 55.8 cm³/mol. The molecular weight excluding hydrogens is 192 g/mol. The lowest BCUT2D eigenvalue weighted by Gasteiger charge is -2.22. The van der Waals surface area contributed by atoms with E-state index in [1.165, 1.54) is 0 Å². The molecule has 0 saturated carbocycles. The summed E-state index contributed by atoms with van der Waals surface area (Å²) in [6.07, 6.45) is 4.94. The van der Waals surface area contributed by atoms with Gasteiger partial charge in [0.05, 0.1) is 11.6 Å². The number of hydrogen-bond donors (Lipinski definition) is 1. The summed E-state index contributed by atoms with van der Waals surface area (Å²) in [6.45, 7) is 4.40. The molecule has 2 heterocycles. The van der Waals surface area contributed by atoms with Crippen LogP contribution in [0.5, 0.6) is 0 Å². The van der Waals surface area contributed by atoms with Gasteiger partial charge in [-0.2, -0.15) is 5.10 Å². The Bertz CT molecular complexity index is 393. The van der Waals surface area contributed by atoms with E-state index in [2.05, 4.69) is 5.10 Å². The third-order valence-electron chi connectivity index (χ3n) is 3.19. The number of aryl methyl sites for hydroxylation is 1. The van der Waals surface area contributed by atoms with E-state index in [4.69, 9.17) is 0 Å². The van der Waals surface area contributed by atoms with E-state index >= 15 is 0 Å². The summed E-state index contributed by atoms with van der Waals surface area (Å²) in [5, 5.41) is 13.4. The molecule has 1 N–H and O–H groups in total. The van der Waals surface area contributed by atoms with Crippen LogP contribution in [0.1, 0.15) is 37.9 Å². The molecule has 0 amide bonds. The number of rotatable bonds is 2. The predicted octanol–water partition coefficient (Wildman–Crippen LogP) is 1.58. The van der Waals surface area contributed by atoms with Crippen LogP contribution in [0, 0.1) is 0 Å². The minimum absolute atomic E-state index is 0.788. The average Bonchev–Trinajstić information content (AvgIpc) is 2.61. The van der Waals surface area contributed by atoms with Gasteiger partial charge in [0, 0.05) is 17.8 Å². The van der Waals surface area contributed by atoms with Gasteiger partial charge in [-0.15, -0.1) is 0 Å². The summed E-state index contributed by atoms with van der Waals surface area (Å²) in [6, 6.07) is 0. The van der Waals surface area contributed by atoms with E-state index in [1.54, 1.807) is 20.0 Å². The van der Waals surface area contributed by atoms with Crippen LogP contribution in [-0.2, 0) is 23.2 Å². The molecule has 0 fully saturated rings. The van der Waals surface area contributed by atoms with E-state index in [0.717, 1.165) is 37.1 Å². The maximum atomic E-state index is 11.2. The van der Waals surface area contributed by atoms with E-state index < -0.39 is 11.4 Å². The van der Waals surface area contributed by atoms with Crippen LogP contribution >= 0.6 is 0 Å². The number of hydrogen-bond acceptors (Lipinski definition) is 2. The first kappa shape index (κ1) is 10.2. The summed E-state index contributed by atoms with van der Waals surface area (Å²) in [4.78, 5) is 11.2. The van der Waals surface area contributed by atoms with Gasteiger partial charge in [-0.05, 0) is 33.1 Å². The fraction of sp³-hybridized carbons (Fsp3) is 0.636. The third kappa shape index (κ3) is 1.54. The van der Waals surface area contributed by atoms with Gasteiger partial charge in [0.1, 0.15) is 0 Å². The number of fused-ring (bicyclic) bond motifs is 1. The number of carboxylic acids is 1. The quantitative estimate of drug-likeness (QED) is 0.802. The number of aromatic nitrogens is 2. The van der Waals surface area contributed by atoms with Crippen molar-refractivity contribution in [3.63, 3.8) is 0 Å². The van der Waals surface area contributed by atoms with E-state index in [-0.39, 0.29) is 0 Å².